The van der Waals surface area contributed by atoms with Gasteiger partial charge in [0, 0.05) is 12.6 Å². The number of hydrogen-bond donors (Lipinski definition) is 3. The van der Waals surface area contributed by atoms with Crippen molar-refractivity contribution in [2.45, 2.75) is 25.4 Å². The number of amides is 1. The van der Waals surface area contributed by atoms with Gasteiger partial charge in [-0.1, -0.05) is 12.1 Å². The number of benzene rings is 1. The zero-order chi connectivity index (χ0) is 15.5. The average Bonchev–Trinajstić information content (AvgIpc) is 2.52. The number of para-hydroxylation sites is 1. The molecule has 22 heavy (non-hydrogen) atoms. The molecule has 1 fully saturated rings. The molecule has 1 aromatic heterocycles. The first-order chi connectivity index (χ1) is 10.6. The maximum absolute atomic E-state index is 12.3. The second-order valence-electron chi connectivity index (χ2n) is 5.48. The Bertz CT molecular complexity index is 802. The third-order valence-electron chi connectivity index (χ3n) is 3.85. The third-order valence-corrected chi connectivity index (χ3v) is 3.85. The number of rotatable bonds is 3. The summed E-state index contributed by atoms with van der Waals surface area (Å²) in [4.78, 5) is 39.0. The van der Waals surface area contributed by atoms with Gasteiger partial charge in [-0.2, -0.15) is 0 Å². The van der Waals surface area contributed by atoms with Gasteiger partial charge in [0.25, 0.3) is 5.56 Å². The Kier molecular flexibility index (Phi) is 4.06. The van der Waals surface area contributed by atoms with Crippen molar-refractivity contribution in [3.63, 3.8) is 0 Å². The molecule has 116 valence electrons. The van der Waals surface area contributed by atoms with Gasteiger partial charge >= 0.3 is 5.69 Å². The van der Waals surface area contributed by atoms with E-state index in [4.69, 9.17) is 0 Å². The van der Waals surface area contributed by atoms with Crippen molar-refractivity contribution in [1.29, 1.82) is 0 Å². The van der Waals surface area contributed by atoms with E-state index in [2.05, 4.69) is 15.6 Å². The highest BCUT2D eigenvalue weighted by Gasteiger charge is 2.17. The van der Waals surface area contributed by atoms with Gasteiger partial charge in [0.1, 0.15) is 6.54 Å². The van der Waals surface area contributed by atoms with Crippen LogP contribution in [0.25, 0.3) is 10.9 Å². The topological polar surface area (TPSA) is 96.0 Å². The SMILES string of the molecule is O=C(Cn1c(=O)[nH]c2ccccc2c1=O)NC1CCCNC1. The van der Waals surface area contributed by atoms with Crippen LogP contribution in [0.4, 0.5) is 0 Å². The molecule has 7 nitrogen and oxygen atoms in total. The van der Waals surface area contributed by atoms with E-state index in [0.717, 1.165) is 24.0 Å². The van der Waals surface area contributed by atoms with Crippen LogP contribution in [0.3, 0.4) is 0 Å². The van der Waals surface area contributed by atoms with Gasteiger partial charge < -0.3 is 15.6 Å². The van der Waals surface area contributed by atoms with Crippen molar-refractivity contribution < 1.29 is 4.79 Å². The molecule has 1 unspecified atom stereocenters. The maximum Gasteiger partial charge on any atom is 0.329 e. The number of aromatic amines is 1. The summed E-state index contributed by atoms with van der Waals surface area (Å²) in [5, 5.41) is 6.45. The van der Waals surface area contributed by atoms with E-state index >= 15 is 0 Å². The van der Waals surface area contributed by atoms with Crippen LogP contribution < -0.4 is 21.9 Å². The minimum Gasteiger partial charge on any atom is -0.351 e. The summed E-state index contributed by atoms with van der Waals surface area (Å²) < 4.78 is 0.938. The summed E-state index contributed by atoms with van der Waals surface area (Å²) >= 11 is 0. The molecule has 1 aliphatic heterocycles. The van der Waals surface area contributed by atoms with Gasteiger partial charge in [-0.15, -0.1) is 0 Å². The standard InChI is InChI=1S/C15H18N4O3/c20-13(17-10-4-3-7-16-8-10)9-19-14(21)11-5-1-2-6-12(11)18-15(19)22/h1-2,5-6,10,16H,3-4,7-9H2,(H,17,20)(H,18,22). The Balaban J connectivity index is 1.82. The number of carbonyl (C=O) groups excluding carboxylic acids is 1. The first-order valence-electron chi connectivity index (χ1n) is 7.37. The van der Waals surface area contributed by atoms with Crippen molar-refractivity contribution in [3.8, 4) is 0 Å². The smallest absolute Gasteiger partial charge is 0.329 e. The van der Waals surface area contributed by atoms with Gasteiger partial charge in [0.2, 0.25) is 5.91 Å². The van der Waals surface area contributed by atoms with E-state index in [9.17, 15) is 14.4 Å². The highest BCUT2D eigenvalue weighted by Crippen LogP contribution is 2.03. The number of nitrogens with zero attached hydrogens (tertiary/aromatic N) is 1. The molecule has 1 atom stereocenters. The molecule has 0 radical (unpaired) electrons. The monoisotopic (exact) mass is 302 g/mol. The Morgan fingerprint density at radius 2 is 2.14 bits per heavy atom. The Labute approximate surface area is 126 Å². The molecule has 1 saturated heterocycles. The molecule has 3 N–H and O–H groups in total. The largest absolute Gasteiger partial charge is 0.351 e. The number of carbonyl (C=O) groups is 1. The Morgan fingerprint density at radius 3 is 2.91 bits per heavy atom. The summed E-state index contributed by atoms with van der Waals surface area (Å²) in [6.07, 6.45) is 1.91. The van der Waals surface area contributed by atoms with Crippen LogP contribution in [-0.4, -0.2) is 34.6 Å². The van der Waals surface area contributed by atoms with Crippen LogP contribution in [0.2, 0.25) is 0 Å². The zero-order valence-electron chi connectivity index (χ0n) is 12.1. The summed E-state index contributed by atoms with van der Waals surface area (Å²) in [7, 11) is 0. The molecule has 1 aromatic carbocycles. The lowest BCUT2D eigenvalue weighted by Crippen LogP contribution is -2.48. The Hall–Kier alpha value is -2.41. The molecule has 0 bridgehead atoms. The zero-order valence-corrected chi connectivity index (χ0v) is 12.1. The quantitative estimate of drug-likeness (QED) is 0.716. The number of aromatic nitrogens is 2. The van der Waals surface area contributed by atoms with Crippen LogP contribution in [0.15, 0.2) is 33.9 Å². The van der Waals surface area contributed by atoms with Gasteiger partial charge in [-0.3, -0.25) is 14.2 Å². The van der Waals surface area contributed by atoms with Gasteiger partial charge in [-0.05, 0) is 31.5 Å². The number of piperidine rings is 1. The number of nitrogens with one attached hydrogen (secondary N) is 3. The molecule has 0 spiro atoms. The lowest BCUT2D eigenvalue weighted by Gasteiger charge is -2.23. The molecular formula is C15H18N4O3. The van der Waals surface area contributed by atoms with Crippen LogP contribution >= 0.6 is 0 Å². The van der Waals surface area contributed by atoms with Crippen LogP contribution in [0.5, 0.6) is 0 Å². The predicted octanol–water partition coefficient (Wildman–Crippen LogP) is -0.442. The molecule has 3 rings (SSSR count). The molecule has 1 amide bonds. The highest BCUT2D eigenvalue weighted by atomic mass is 16.2. The molecule has 0 aliphatic carbocycles. The van der Waals surface area contributed by atoms with E-state index in [1.54, 1.807) is 24.3 Å². The first-order valence-corrected chi connectivity index (χ1v) is 7.37. The van der Waals surface area contributed by atoms with Crippen molar-refractivity contribution >= 4 is 16.8 Å². The average molecular weight is 302 g/mol. The van der Waals surface area contributed by atoms with Gasteiger partial charge in [0.15, 0.2) is 0 Å². The summed E-state index contributed by atoms with van der Waals surface area (Å²) in [5.74, 6) is -0.323. The second kappa shape index (κ2) is 6.15. The van der Waals surface area contributed by atoms with Crippen molar-refractivity contribution in [2.75, 3.05) is 13.1 Å². The lowest BCUT2D eigenvalue weighted by atomic mass is 10.1. The van der Waals surface area contributed by atoms with Crippen molar-refractivity contribution in [2.24, 2.45) is 0 Å². The van der Waals surface area contributed by atoms with E-state index in [1.165, 1.54) is 0 Å². The van der Waals surface area contributed by atoms with Crippen LogP contribution in [0, 0.1) is 0 Å². The molecule has 0 saturated carbocycles. The minimum atomic E-state index is -0.569. The molecule has 2 aromatic rings. The van der Waals surface area contributed by atoms with Crippen molar-refractivity contribution in [3.05, 3.63) is 45.1 Å². The predicted molar refractivity (Wildman–Crippen MR) is 82.9 cm³/mol. The maximum atomic E-state index is 12.3. The fourth-order valence-corrected chi connectivity index (χ4v) is 2.73. The van der Waals surface area contributed by atoms with Gasteiger partial charge in [-0.25, -0.2) is 4.79 Å². The number of H-pyrrole nitrogens is 1. The lowest BCUT2D eigenvalue weighted by molar-refractivity contribution is -0.122. The molecular weight excluding hydrogens is 284 g/mol. The molecule has 1 aliphatic rings. The normalized spacial score (nSPS) is 18.3. The van der Waals surface area contributed by atoms with E-state index in [-0.39, 0.29) is 18.5 Å². The summed E-state index contributed by atoms with van der Waals surface area (Å²) in [5.41, 5.74) is -0.539. The number of hydrogen-bond acceptors (Lipinski definition) is 4. The molecule has 2 heterocycles. The minimum absolute atomic E-state index is 0.0523. The fraction of sp³-hybridized carbons (Fsp3) is 0.400. The first kappa shape index (κ1) is 14.5. The molecule has 7 heteroatoms. The number of fused-ring (bicyclic) bond motifs is 1. The second-order valence-corrected chi connectivity index (χ2v) is 5.48. The van der Waals surface area contributed by atoms with Crippen molar-refractivity contribution in [1.82, 2.24) is 20.2 Å². The highest BCUT2D eigenvalue weighted by molar-refractivity contribution is 5.79. The van der Waals surface area contributed by atoms with E-state index < -0.39 is 11.2 Å². The third kappa shape index (κ3) is 2.94. The van der Waals surface area contributed by atoms with E-state index in [1.807, 2.05) is 0 Å². The van der Waals surface area contributed by atoms with E-state index in [0.29, 0.717) is 17.4 Å². The Morgan fingerprint density at radius 1 is 1.32 bits per heavy atom. The fourth-order valence-electron chi connectivity index (χ4n) is 2.73. The summed E-state index contributed by atoms with van der Waals surface area (Å²) in [6, 6.07) is 6.81. The summed E-state index contributed by atoms with van der Waals surface area (Å²) in [6.45, 7) is 1.40. The van der Waals surface area contributed by atoms with Gasteiger partial charge in [0.05, 0.1) is 10.9 Å². The van der Waals surface area contributed by atoms with Crippen LogP contribution in [-0.2, 0) is 11.3 Å². The van der Waals surface area contributed by atoms with Crippen LogP contribution in [0.1, 0.15) is 12.8 Å².